The molecule has 16 rings (SSSR count). The Morgan fingerprint density at radius 3 is 1.03 bits per heavy atom. The number of hydrogen-bond donors (Lipinski definition) is 0. The lowest BCUT2D eigenvalue weighted by Crippen LogP contribution is -2.26. The predicted molar refractivity (Wildman–Crippen MR) is 322 cm³/mol. The van der Waals surface area contributed by atoms with Crippen LogP contribution in [0.25, 0.3) is 66.1 Å². The molecule has 0 amide bonds. The second kappa shape index (κ2) is 15.9. The van der Waals surface area contributed by atoms with Crippen molar-refractivity contribution < 1.29 is 0 Å². The zero-order chi connectivity index (χ0) is 51.4. The summed E-state index contributed by atoms with van der Waals surface area (Å²) < 4.78 is 0. The van der Waals surface area contributed by atoms with Crippen LogP contribution < -0.4 is 9.80 Å². The molecule has 0 N–H and O–H groups in total. The van der Waals surface area contributed by atoms with Gasteiger partial charge in [-0.05, 0) is 185 Å². The van der Waals surface area contributed by atoms with Crippen LogP contribution in [0.2, 0.25) is 0 Å². The summed E-state index contributed by atoms with van der Waals surface area (Å²) in [5.74, 6) is 0. The Balaban J connectivity index is 0.895. The molecular weight excluding hydrogens is 929 g/mol. The van der Waals surface area contributed by atoms with Crippen LogP contribution >= 0.6 is 0 Å². The molecule has 12 aromatic carbocycles. The molecule has 4 aliphatic rings. The molecule has 4 aliphatic carbocycles. The van der Waals surface area contributed by atoms with Crippen molar-refractivity contribution >= 4 is 55.7 Å². The monoisotopic (exact) mass is 982 g/mol. The molecule has 1 spiro atoms. The molecule has 77 heavy (non-hydrogen) atoms. The van der Waals surface area contributed by atoms with Crippen molar-refractivity contribution in [1.82, 2.24) is 0 Å². The zero-order valence-electron chi connectivity index (χ0n) is 43.6. The Bertz CT molecular complexity index is 4170. The van der Waals surface area contributed by atoms with Gasteiger partial charge in [0.05, 0.1) is 16.8 Å². The first-order chi connectivity index (χ1) is 37.7. The molecule has 0 saturated carbocycles. The van der Waals surface area contributed by atoms with Crippen molar-refractivity contribution in [3.63, 3.8) is 0 Å². The summed E-state index contributed by atoms with van der Waals surface area (Å²) >= 11 is 0. The zero-order valence-corrected chi connectivity index (χ0v) is 43.6. The van der Waals surface area contributed by atoms with Crippen LogP contribution in [-0.2, 0) is 16.2 Å². The minimum absolute atomic E-state index is 0.282. The highest BCUT2D eigenvalue weighted by atomic mass is 15.1. The van der Waals surface area contributed by atoms with Gasteiger partial charge in [0, 0.05) is 44.4 Å². The van der Waals surface area contributed by atoms with E-state index in [0.717, 1.165) is 22.7 Å². The molecule has 0 aliphatic heterocycles. The molecule has 2 heteroatoms. The minimum atomic E-state index is -0.515. The fourth-order valence-corrected chi connectivity index (χ4v) is 14.7. The van der Waals surface area contributed by atoms with Crippen LogP contribution in [0.15, 0.2) is 255 Å². The average molecular weight is 983 g/mol. The maximum absolute atomic E-state index is 2.62. The molecule has 0 bridgehead atoms. The summed E-state index contributed by atoms with van der Waals surface area (Å²) in [4.78, 5) is 4.90. The first kappa shape index (κ1) is 44.1. The van der Waals surface area contributed by atoms with Crippen LogP contribution in [-0.4, -0.2) is 0 Å². The third-order valence-electron chi connectivity index (χ3n) is 18.2. The van der Waals surface area contributed by atoms with Gasteiger partial charge in [0.1, 0.15) is 0 Å². The Morgan fingerprint density at radius 1 is 0.234 bits per heavy atom. The first-order valence-corrected chi connectivity index (χ1v) is 27.2. The van der Waals surface area contributed by atoms with Crippen molar-refractivity contribution in [3.8, 4) is 44.5 Å². The van der Waals surface area contributed by atoms with Gasteiger partial charge >= 0.3 is 0 Å². The lowest BCUT2D eigenvalue weighted by Gasteiger charge is -2.31. The highest BCUT2D eigenvalue weighted by molar-refractivity contribution is 6.03. The molecule has 0 saturated heterocycles. The van der Waals surface area contributed by atoms with Crippen LogP contribution in [0.5, 0.6) is 0 Å². The highest BCUT2D eigenvalue weighted by Crippen LogP contribution is 2.67. The summed E-state index contributed by atoms with van der Waals surface area (Å²) in [6.07, 6.45) is 0. The number of hydrogen-bond acceptors (Lipinski definition) is 2. The summed E-state index contributed by atoms with van der Waals surface area (Å²) in [5.41, 5.74) is 27.4. The number of anilines is 6. The predicted octanol–water partition coefficient (Wildman–Crippen LogP) is 19.9. The van der Waals surface area contributed by atoms with Gasteiger partial charge in [-0.15, -0.1) is 0 Å². The first-order valence-electron chi connectivity index (χ1n) is 27.2. The van der Waals surface area contributed by atoms with Crippen molar-refractivity contribution in [3.05, 3.63) is 299 Å². The Kier molecular flexibility index (Phi) is 9.10. The van der Waals surface area contributed by atoms with E-state index in [1.165, 1.54) is 122 Å². The second-order valence-corrected chi connectivity index (χ2v) is 22.8. The van der Waals surface area contributed by atoms with Gasteiger partial charge in [0.2, 0.25) is 0 Å². The van der Waals surface area contributed by atoms with Gasteiger partial charge in [0.25, 0.3) is 0 Å². The quantitative estimate of drug-likeness (QED) is 0.164. The van der Waals surface area contributed by atoms with E-state index in [-0.39, 0.29) is 10.8 Å². The van der Waals surface area contributed by atoms with E-state index in [1.54, 1.807) is 0 Å². The highest BCUT2D eigenvalue weighted by Gasteiger charge is 2.54. The maximum atomic E-state index is 2.62. The second-order valence-electron chi connectivity index (χ2n) is 22.8. The average Bonchev–Trinajstić information content (AvgIpc) is 4.25. The third-order valence-corrected chi connectivity index (χ3v) is 18.2. The summed E-state index contributed by atoms with van der Waals surface area (Å²) in [7, 11) is 0. The van der Waals surface area contributed by atoms with Gasteiger partial charge in [-0.2, -0.15) is 0 Å². The molecule has 12 aromatic rings. The maximum Gasteiger partial charge on any atom is 0.0725 e. The van der Waals surface area contributed by atoms with E-state index in [1.807, 2.05) is 0 Å². The van der Waals surface area contributed by atoms with E-state index in [9.17, 15) is 0 Å². The molecule has 0 unspecified atom stereocenters. The lowest BCUT2D eigenvalue weighted by atomic mass is 9.69. The van der Waals surface area contributed by atoms with Crippen LogP contribution in [0.3, 0.4) is 0 Å². The number of para-hydroxylation sites is 2. The van der Waals surface area contributed by atoms with E-state index in [4.69, 9.17) is 0 Å². The largest absolute Gasteiger partial charge is 0.310 e. The number of benzene rings is 12. The van der Waals surface area contributed by atoms with Gasteiger partial charge in [-0.1, -0.05) is 198 Å². The van der Waals surface area contributed by atoms with Crippen molar-refractivity contribution in [2.45, 2.75) is 43.9 Å². The number of rotatable bonds is 6. The Labute approximate surface area is 450 Å². The topological polar surface area (TPSA) is 6.48 Å². The molecular formula is C75H54N2. The molecule has 0 fully saturated rings. The molecule has 2 nitrogen and oxygen atoms in total. The molecule has 0 heterocycles. The van der Waals surface area contributed by atoms with Crippen molar-refractivity contribution in [1.29, 1.82) is 0 Å². The van der Waals surface area contributed by atoms with Crippen molar-refractivity contribution in [2.24, 2.45) is 0 Å². The normalized spacial score (nSPS) is 14.8. The number of fused-ring (bicyclic) bond motifs is 18. The fraction of sp³-hybridized carbons (Fsp3) is 0.0933. The Morgan fingerprint density at radius 2 is 0.571 bits per heavy atom. The third kappa shape index (κ3) is 5.96. The van der Waals surface area contributed by atoms with E-state index < -0.39 is 5.41 Å². The van der Waals surface area contributed by atoms with Gasteiger partial charge < -0.3 is 9.80 Å². The van der Waals surface area contributed by atoms with Gasteiger partial charge in [-0.25, -0.2) is 0 Å². The molecule has 0 atom stereocenters. The molecule has 0 aromatic heterocycles. The summed E-state index contributed by atoms with van der Waals surface area (Å²) in [6.45, 7) is 9.78. The standard InChI is InChI=1S/C75H54N2/c1-73(2)65-41-51(76(49-25-7-5-8-26-49)71-35-19-23-47-21-11-13-29-53(47)71)37-39-57(65)59-45-69-61(43-67(59)73)62-44-68-60(46-70(62)75(69)63-33-17-15-31-55(63)56-32-16-18-34-64(56)75)58-40-38-52(42-66(58)74(68,3)4)77(50-27-9-6-10-28-50)72-36-20-24-48-22-12-14-30-54(48)72/h5-46H,1-4H3. The lowest BCUT2D eigenvalue weighted by molar-refractivity contribution is 0.659. The minimum Gasteiger partial charge on any atom is -0.310 e. The summed E-state index contributed by atoms with van der Waals surface area (Å²) in [5, 5.41) is 4.92. The fourth-order valence-electron chi connectivity index (χ4n) is 14.7. The van der Waals surface area contributed by atoms with Crippen molar-refractivity contribution in [2.75, 3.05) is 9.80 Å². The van der Waals surface area contributed by atoms with Crippen LogP contribution in [0.4, 0.5) is 34.1 Å². The molecule has 364 valence electrons. The van der Waals surface area contributed by atoms with Gasteiger partial charge in [0.15, 0.2) is 0 Å². The van der Waals surface area contributed by atoms with E-state index in [2.05, 4.69) is 292 Å². The number of nitrogens with zero attached hydrogens (tertiary/aromatic N) is 2. The molecule has 0 radical (unpaired) electrons. The smallest absolute Gasteiger partial charge is 0.0725 e. The van der Waals surface area contributed by atoms with Crippen LogP contribution in [0.1, 0.15) is 72.2 Å². The SMILES string of the molecule is CC1(C)c2cc(N(c3ccccc3)c3cccc4ccccc34)ccc2-c2cc3c(cc21)-c1cc2c(cc1C31c3ccccc3-c3ccccc31)-c1ccc(N(c3ccccc3)c3cccc4ccccc34)cc1C2(C)C. The Hall–Kier alpha value is -9.24. The van der Waals surface area contributed by atoms with E-state index >= 15 is 0 Å². The van der Waals surface area contributed by atoms with Gasteiger partial charge in [-0.3, -0.25) is 0 Å². The van der Waals surface area contributed by atoms with E-state index in [0.29, 0.717) is 0 Å². The van der Waals surface area contributed by atoms with Crippen LogP contribution in [0, 0.1) is 0 Å². The summed E-state index contributed by atoms with van der Waals surface area (Å²) in [6, 6.07) is 96.1.